The van der Waals surface area contributed by atoms with Crippen LogP contribution in [-0.2, 0) is 4.74 Å². The topological polar surface area (TPSA) is 41.5 Å². The third-order valence-electron chi connectivity index (χ3n) is 3.35. The minimum Gasteiger partial charge on any atom is -0.392 e. The monoisotopic (exact) mass is 227 g/mol. The van der Waals surface area contributed by atoms with Crippen LogP contribution in [-0.4, -0.2) is 37.0 Å². The Kier molecular flexibility index (Phi) is 6.69. The molecule has 1 aliphatic heterocycles. The highest BCUT2D eigenvalue weighted by atomic mass is 16.5. The van der Waals surface area contributed by atoms with Crippen molar-refractivity contribution < 1.29 is 9.84 Å². The van der Waals surface area contributed by atoms with Gasteiger partial charge < -0.3 is 15.2 Å². The van der Waals surface area contributed by atoms with E-state index in [1.807, 2.05) is 6.08 Å². The first-order chi connectivity index (χ1) is 7.74. The van der Waals surface area contributed by atoms with Gasteiger partial charge in [-0.1, -0.05) is 6.08 Å². The Hall–Kier alpha value is -0.380. The first kappa shape index (κ1) is 13.7. The molecule has 0 aromatic heterocycles. The zero-order chi connectivity index (χ0) is 11.8. The van der Waals surface area contributed by atoms with Crippen molar-refractivity contribution in [3.63, 3.8) is 0 Å². The Morgan fingerprint density at radius 1 is 1.50 bits per heavy atom. The van der Waals surface area contributed by atoms with Gasteiger partial charge in [-0.25, -0.2) is 0 Å². The summed E-state index contributed by atoms with van der Waals surface area (Å²) in [6.45, 7) is 8.32. The molecular weight excluding hydrogens is 202 g/mol. The number of rotatable bonds is 7. The normalized spacial score (nSPS) is 21.6. The van der Waals surface area contributed by atoms with Gasteiger partial charge in [-0.2, -0.15) is 0 Å². The van der Waals surface area contributed by atoms with Gasteiger partial charge in [0.15, 0.2) is 0 Å². The van der Waals surface area contributed by atoms with Crippen LogP contribution >= 0.6 is 0 Å². The van der Waals surface area contributed by atoms with Crippen LogP contribution in [0.4, 0.5) is 0 Å². The lowest BCUT2D eigenvalue weighted by Crippen LogP contribution is -2.40. The van der Waals surface area contributed by atoms with Crippen LogP contribution in [0.15, 0.2) is 12.7 Å². The smallest absolute Gasteiger partial charge is 0.0667 e. The minimum atomic E-state index is -0.250. The molecule has 0 aromatic carbocycles. The summed E-state index contributed by atoms with van der Waals surface area (Å²) in [5.41, 5.74) is 0. The summed E-state index contributed by atoms with van der Waals surface area (Å²) in [5, 5.41) is 13.1. The van der Waals surface area contributed by atoms with E-state index in [-0.39, 0.29) is 6.10 Å². The lowest BCUT2D eigenvalue weighted by molar-refractivity contribution is 0.0535. The molecule has 3 heteroatoms. The molecule has 2 atom stereocenters. The van der Waals surface area contributed by atoms with Crippen molar-refractivity contribution in [3.05, 3.63) is 12.7 Å². The lowest BCUT2D eigenvalue weighted by Gasteiger charge is -2.29. The second-order valence-corrected chi connectivity index (χ2v) is 4.67. The third kappa shape index (κ3) is 5.10. The number of hydrogen-bond donors (Lipinski definition) is 2. The Labute approximate surface area is 98.9 Å². The molecule has 1 aliphatic rings. The average Bonchev–Trinajstić information content (AvgIpc) is 2.34. The van der Waals surface area contributed by atoms with E-state index in [1.54, 1.807) is 0 Å². The molecule has 1 heterocycles. The predicted molar refractivity (Wildman–Crippen MR) is 66.4 cm³/mol. The standard InChI is InChI=1S/C13H25NO2/c1-3-4-5-13(15)10-14-11(2)12-6-8-16-9-7-12/h3,11-15H,1,4-10H2,2H3. The van der Waals surface area contributed by atoms with Gasteiger partial charge in [-0.05, 0) is 38.5 Å². The maximum Gasteiger partial charge on any atom is 0.0667 e. The van der Waals surface area contributed by atoms with Crippen molar-refractivity contribution in [3.8, 4) is 0 Å². The van der Waals surface area contributed by atoms with Crippen LogP contribution in [0.25, 0.3) is 0 Å². The zero-order valence-electron chi connectivity index (χ0n) is 10.3. The van der Waals surface area contributed by atoms with Crippen LogP contribution in [0, 0.1) is 5.92 Å². The van der Waals surface area contributed by atoms with Gasteiger partial charge in [0.2, 0.25) is 0 Å². The van der Waals surface area contributed by atoms with Crippen LogP contribution < -0.4 is 5.32 Å². The van der Waals surface area contributed by atoms with E-state index in [4.69, 9.17) is 4.74 Å². The lowest BCUT2D eigenvalue weighted by atomic mass is 9.93. The van der Waals surface area contributed by atoms with Gasteiger partial charge in [0, 0.05) is 25.8 Å². The van der Waals surface area contributed by atoms with E-state index in [0.717, 1.165) is 38.9 Å². The third-order valence-corrected chi connectivity index (χ3v) is 3.35. The fourth-order valence-electron chi connectivity index (χ4n) is 2.12. The molecule has 0 amide bonds. The Balaban J connectivity index is 2.12. The predicted octanol–water partition coefficient (Wildman–Crippen LogP) is 1.72. The molecule has 1 fully saturated rings. The van der Waals surface area contributed by atoms with Gasteiger partial charge in [-0.15, -0.1) is 6.58 Å². The molecule has 3 nitrogen and oxygen atoms in total. The van der Waals surface area contributed by atoms with E-state index in [9.17, 15) is 5.11 Å². The molecule has 0 bridgehead atoms. The molecule has 0 saturated carbocycles. The highest BCUT2D eigenvalue weighted by Crippen LogP contribution is 2.18. The molecule has 0 aromatic rings. The summed E-state index contributed by atoms with van der Waals surface area (Å²) >= 11 is 0. The summed E-state index contributed by atoms with van der Waals surface area (Å²) < 4.78 is 5.34. The molecule has 0 spiro atoms. The summed E-state index contributed by atoms with van der Waals surface area (Å²) in [5.74, 6) is 0.695. The van der Waals surface area contributed by atoms with Gasteiger partial charge in [0.05, 0.1) is 6.10 Å². The second kappa shape index (κ2) is 7.82. The molecule has 2 unspecified atom stereocenters. The fourth-order valence-corrected chi connectivity index (χ4v) is 2.12. The first-order valence-corrected chi connectivity index (χ1v) is 6.34. The Morgan fingerprint density at radius 2 is 2.19 bits per heavy atom. The maximum absolute atomic E-state index is 9.69. The molecule has 0 radical (unpaired) electrons. The number of allylic oxidation sites excluding steroid dienone is 1. The Morgan fingerprint density at radius 3 is 2.81 bits per heavy atom. The van der Waals surface area contributed by atoms with Crippen LogP contribution in [0.5, 0.6) is 0 Å². The maximum atomic E-state index is 9.69. The van der Waals surface area contributed by atoms with E-state index < -0.39 is 0 Å². The molecule has 94 valence electrons. The van der Waals surface area contributed by atoms with Crippen molar-refractivity contribution in [2.45, 2.75) is 44.8 Å². The van der Waals surface area contributed by atoms with Crippen molar-refractivity contribution in [2.24, 2.45) is 5.92 Å². The van der Waals surface area contributed by atoms with Crippen molar-refractivity contribution in [1.29, 1.82) is 0 Å². The summed E-state index contributed by atoms with van der Waals surface area (Å²) in [6, 6.07) is 0.474. The first-order valence-electron chi connectivity index (χ1n) is 6.34. The molecule has 1 saturated heterocycles. The molecule has 0 aliphatic carbocycles. The SMILES string of the molecule is C=CCCC(O)CNC(C)C1CCOCC1. The van der Waals surface area contributed by atoms with Gasteiger partial charge in [0.1, 0.15) is 0 Å². The van der Waals surface area contributed by atoms with E-state index >= 15 is 0 Å². The molecule has 1 rings (SSSR count). The van der Waals surface area contributed by atoms with Crippen molar-refractivity contribution >= 4 is 0 Å². The number of hydrogen-bond acceptors (Lipinski definition) is 3. The van der Waals surface area contributed by atoms with Gasteiger partial charge in [0.25, 0.3) is 0 Å². The van der Waals surface area contributed by atoms with Crippen LogP contribution in [0.3, 0.4) is 0 Å². The summed E-state index contributed by atoms with van der Waals surface area (Å²) in [4.78, 5) is 0. The number of aliphatic hydroxyl groups excluding tert-OH is 1. The van der Waals surface area contributed by atoms with Crippen LogP contribution in [0.1, 0.15) is 32.6 Å². The quantitative estimate of drug-likeness (QED) is 0.651. The van der Waals surface area contributed by atoms with E-state index in [1.165, 1.54) is 0 Å². The van der Waals surface area contributed by atoms with E-state index in [2.05, 4.69) is 18.8 Å². The number of aliphatic hydroxyl groups is 1. The van der Waals surface area contributed by atoms with Crippen molar-refractivity contribution in [2.75, 3.05) is 19.8 Å². The highest BCUT2D eigenvalue weighted by Gasteiger charge is 2.20. The minimum absolute atomic E-state index is 0.250. The number of ether oxygens (including phenoxy) is 1. The van der Waals surface area contributed by atoms with Gasteiger partial charge >= 0.3 is 0 Å². The van der Waals surface area contributed by atoms with Gasteiger partial charge in [-0.3, -0.25) is 0 Å². The molecule has 2 N–H and O–H groups in total. The van der Waals surface area contributed by atoms with Crippen LogP contribution in [0.2, 0.25) is 0 Å². The number of nitrogens with one attached hydrogen (secondary N) is 1. The summed E-state index contributed by atoms with van der Waals surface area (Å²) in [7, 11) is 0. The summed E-state index contributed by atoms with van der Waals surface area (Å²) in [6.07, 6.45) is 5.56. The molecule has 16 heavy (non-hydrogen) atoms. The fraction of sp³-hybridized carbons (Fsp3) is 0.846. The Bertz CT molecular complexity index is 190. The highest BCUT2D eigenvalue weighted by molar-refractivity contribution is 4.77. The largest absolute Gasteiger partial charge is 0.392 e. The average molecular weight is 227 g/mol. The molecular formula is C13H25NO2. The van der Waals surface area contributed by atoms with E-state index in [0.29, 0.717) is 18.5 Å². The zero-order valence-corrected chi connectivity index (χ0v) is 10.3. The second-order valence-electron chi connectivity index (χ2n) is 4.67. The van der Waals surface area contributed by atoms with Crippen molar-refractivity contribution in [1.82, 2.24) is 5.32 Å².